The lowest BCUT2D eigenvalue weighted by atomic mass is 10.1. The van der Waals surface area contributed by atoms with Crippen molar-refractivity contribution in [2.75, 3.05) is 31.2 Å². The number of amides is 2. The molecular weight excluding hydrogens is 363 g/mol. The van der Waals surface area contributed by atoms with Crippen LogP contribution in [0.1, 0.15) is 18.9 Å². The summed E-state index contributed by atoms with van der Waals surface area (Å²) in [5.74, 6) is 0.586. The highest BCUT2D eigenvalue weighted by atomic mass is 19.1. The quantitative estimate of drug-likeness (QED) is 0.795. The highest BCUT2D eigenvalue weighted by Crippen LogP contribution is 2.34. The van der Waals surface area contributed by atoms with E-state index in [0.717, 1.165) is 0 Å². The van der Waals surface area contributed by atoms with Crippen LogP contribution in [0.5, 0.6) is 11.5 Å². The van der Waals surface area contributed by atoms with E-state index in [1.54, 1.807) is 36.4 Å². The molecule has 3 rings (SSSR count). The second-order valence-electron chi connectivity index (χ2n) is 6.44. The molecular formula is C21H23FN2O4. The van der Waals surface area contributed by atoms with Gasteiger partial charge in [0.05, 0.1) is 0 Å². The number of nitrogens with one attached hydrogen (secondary N) is 1. The van der Waals surface area contributed by atoms with Gasteiger partial charge in [0, 0.05) is 38.2 Å². The van der Waals surface area contributed by atoms with Gasteiger partial charge in [-0.05, 0) is 30.2 Å². The molecule has 28 heavy (non-hydrogen) atoms. The van der Waals surface area contributed by atoms with E-state index in [-0.39, 0.29) is 30.6 Å². The van der Waals surface area contributed by atoms with E-state index in [1.807, 2.05) is 0 Å². The van der Waals surface area contributed by atoms with Crippen molar-refractivity contribution in [3.05, 3.63) is 53.8 Å². The molecule has 2 aromatic carbocycles. The van der Waals surface area contributed by atoms with Crippen LogP contribution in [0, 0.1) is 5.82 Å². The fourth-order valence-corrected chi connectivity index (χ4v) is 3.01. The molecule has 0 aliphatic carbocycles. The van der Waals surface area contributed by atoms with Crippen LogP contribution in [-0.2, 0) is 16.0 Å². The maximum atomic E-state index is 13.6. The van der Waals surface area contributed by atoms with Crippen LogP contribution >= 0.6 is 0 Å². The Hall–Kier alpha value is -3.09. The molecule has 1 heterocycles. The molecule has 0 spiro atoms. The lowest BCUT2D eigenvalue weighted by molar-refractivity contribution is -0.121. The zero-order valence-electron chi connectivity index (χ0n) is 15.7. The standard InChI is InChI=1S/C21H23FN2O4/c1-15(25)24(17-6-7-19-20(14-17)28-13-12-27-19)11-9-21(26)23-10-8-16-4-2-3-5-18(16)22/h2-7,14H,8-13H2,1H3,(H,23,26). The highest BCUT2D eigenvalue weighted by Gasteiger charge is 2.18. The number of carbonyl (C=O) groups is 2. The SMILES string of the molecule is CC(=O)N(CCC(=O)NCCc1ccccc1F)c1ccc2c(c1)OCCO2. The van der Waals surface area contributed by atoms with Gasteiger partial charge in [0.2, 0.25) is 11.8 Å². The Morgan fingerprint density at radius 1 is 1.11 bits per heavy atom. The Morgan fingerprint density at radius 2 is 1.86 bits per heavy atom. The van der Waals surface area contributed by atoms with E-state index in [2.05, 4.69) is 5.32 Å². The van der Waals surface area contributed by atoms with E-state index in [0.29, 0.717) is 48.9 Å². The Morgan fingerprint density at radius 3 is 2.61 bits per heavy atom. The second-order valence-corrected chi connectivity index (χ2v) is 6.44. The number of anilines is 1. The molecule has 6 nitrogen and oxygen atoms in total. The number of rotatable bonds is 7. The first-order valence-corrected chi connectivity index (χ1v) is 9.22. The van der Waals surface area contributed by atoms with Gasteiger partial charge in [0.1, 0.15) is 19.0 Å². The van der Waals surface area contributed by atoms with Crippen LogP contribution in [-0.4, -0.2) is 38.1 Å². The normalized spacial score (nSPS) is 12.4. The molecule has 1 aliphatic rings. The summed E-state index contributed by atoms with van der Waals surface area (Å²) in [6.45, 7) is 2.98. The minimum Gasteiger partial charge on any atom is -0.486 e. The third kappa shape index (κ3) is 5.00. The molecule has 0 saturated heterocycles. The van der Waals surface area contributed by atoms with E-state index in [4.69, 9.17) is 9.47 Å². The van der Waals surface area contributed by atoms with Gasteiger partial charge in [0.25, 0.3) is 0 Å². The minimum absolute atomic E-state index is 0.144. The molecule has 2 aromatic rings. The predicted octanol–water partition coefficient (Wildman–Crippen LogP) is 2.70. The maximum Gasteiger partial charge on any atom is 0.223 e. The number of carbonyl (C=O) groups excluding carboxylic acids is 2. The van der Waals surface area contributed by atoms with Gasteiger partial charge in [-0.2, -0.15) is 0 Å². The molecule has 2 amide bonds. The smallest absolute Gasteiger partial charge is 0.223 e. The number of fused-ring (bicyclic) bond motifs is 1. The van der Waals surface area contributed by atoms with Gasteiger partial charge in [-0.1, -0.05) is 18.2 Å². The maximum absolute atomic E-state index is 13.6. The molecule has 0 aromatic heterocycles. The summed E-state index contributed by atoms with van der Waals surface area (Å²) in [6.07, 6.45) is 0.558. The Balaban J connectivity index is 1.53. The number of ether oxygens (including phenoxy) is 2. The molecule has 1 N–H and O–H groups in total. The first-order valence-electron chi connectivity index (χ1n) is 9.22. The monoisotopic (exact) mass is 386 g/mol. The number of hydrogen-bond acceptors (Lipinski definition) is 4. The van der Waals surface area contributed by atoms with Gasteiger partial charge in [-0.3, -0.25) is 9.59 Å². The topological polar surface area (TPSA) is 67.9 Å². The zero-order chi connectivity index (χ0) is 19.9. The summed E-state index contributed by atoms with van der Waals surface area (Å²) < 4.78 is 24.6. The van der Waals surface area contributed by atoms with Crippen LogP contribution in [0.2, 0.25) is 0 Å². The fraction of sp³-hybridized carbons (Fsp3) is 0.333. The summed E-state index contributed by atoms with van der Waals surface area (Å²) in [5, 5.41) is 2.77. The number of benzene rings is 2. The minimum atomic E-state index is -0.280. The number of nitrogens with zero attached hydrogens (tertiary/aromatic N) is 1. The third-order valence-corrected chi connectivity index (χ3v) is 4.45. The molecule has 0 bridgehead atoms. The summed E-state index contributed by atoms with van der Waals surface area (Å²) in [4.78, 5) is 25.7. The average Bonchev–Trinajstić information content (AvgIpc) is 2.69. The average molecular weight is 386 g/mol. The largest absolute Gasteiger partial charge is 0.486 e. The predicted molar refractivity (Wildman–Crippen MR) is 103 cm³/mol. The van der Waals surface area contributed by atoms with Crippen LogP contribution < -0.4 is 19.7 Å². The van der Waals surface area contributed by atoms with E-state index in [1.165, 1.54) is 17.9 Å². The lowest BCUT2D eigenvalue weighted by Gasteiger charge is -2.24. The van der Waals surface area contributed by atoms with Gasteiger partial charge in [-0.15, -0.1) is 0 Å². The molecule has 0 unspecified atom stereocenters. The molecule has 0 saturated carbocycles. The molecule has 1 aliphatic heterocycles. The molecule has 7 heteroatoms. The van der Waals surface area contributed by atoms with Crippen molar-refractivity contribution in [2.45, 2.75) is 19.8 Å². The van der Waals surface area contributed by atoms with Gasteiger partial charge in [0.15, 0.2) is 11.5 Å². The third-order valence-electron chi connectivity index (χ3n) is 4.45. The van der Waals surface area contributed by atoms with Crippen molar-refractivity contribution in [1.82, 2.24) is 5.32 Å². The Kier molecular flexibility index (Phi) is 6.47. The van der Waals surface area contributed by atoms with E-state index in [9.17, 15) is 14.0 Å². The summed E-state index contributed by atoms with van der Waals surface area (Å²) in [7, 11) is 0. The number of halogens is 1. The summed E-state index contributed by atoms with van der Waals surface area (Å²) in [6, 6.07) is 11.8. The first kappa shape index (κ1) is 19.7. The molecule has 148 valence electrons. The lowest BCUT2D eigenvalue weighted by Crippen LogP contribution is -2.34. The summed E-state index contributed by atoms with van der Waals surface area (Å²) >= 11 is 0. The van der Waals surface area contributed by atoms with Gasteiger partial charge in [-0.25, -0.2) is 4.39 Å². The van der Waals surface area contributed by atoms with Gasteiger partial charge < -0.3 is 19.7 Å². The molecule has 0 radical (unpaired) electrons. The Bertz CT molecular complexity index is 856. The van der Waals surface area contributed by atoms with E-state index < -0.39 is 0 Å². The molecule has 0 atom stereocenters. The van der Waals surface area contributed by atoms with Crippen LogP contribution in [0.3, 0.4) is 0 Å². The van der Waals surface area contributed by atoms with Crippen LogP contribution in [0.4, 0.5) is 10.1 Å². The van der Waals surface area contributed by atoms with Crippen molar-refractivity contribution in [3.63, 3.8) is 0 Å². The van der Waals surface area contributed by atoms with Crippen LogP contribution in [0.15, 0.2) is 42.5 Å². The zero-order valence-corrected chi connectivity index (χ0v) is 15.7. The second kappa shape index (κ2) is 9.21. The van der Waals surface area contributed by atoms with Crippen molar-refractivity contribution >= 4 is 17.5 Å². The van der Waals surface area contributed by atoms with Crippen molar-refractivity contribution < 1.29 is 23.5 Å². The first-order chi connectivity index (χ1) is 13.5. The van der Waals surface area contributed by atoms with Crippen LogP contribution in [0.25, 0.3) is 0 Å². The molecule has 0 fully saturated rings. The fourth-order valence-electron chi connectivity index (χ4n) is 3.01. The Labute approximate surface area is 163 Å². The summed E-state index contributed by atoms with van der Waals surface area (Å²) in [5.41, 5.74) is 1.21. The highest BCUT2D eigenvalue weighted by molar-refractivity contribution is 5.92. The van der Waals surface area contributed by atoms with Crippen molar-refractivity contribution in [3.8, 4) is 11.5 Å². The van der Waals surface area contributed by atoms with E-state index >= 15 is 0 Å². The number of hydrogen-bond donors (Lipinski definition) is 1. The van der Waals surface area contributed by atoms with Gasteiger partial charge >= 0.3 is 0 Å². The van der Waals surface area contributed by atoms with Crippen molar-refractivity contribution in [2.24, 2.45) is 0 Å². The van der Waals surface area contributed by atoms with Crippen molar-refractivity contribution in [1.29, 1.82) is 0 Å².